The second kappa shape index (κ2) is 5.25. The van der Waals surface area contributed by atoms with E-state index in [9.17, 15) is 0 Å². The average molecular weight is 291 g/mol. The molecule has 0 radical (unpaired) electrons. The summed E-state index contributed by atoms with van der Waals surface area (Å²) in [7, 11) is 0. The summed E-state index contributed by atoms with van der Waals surface area (Å²) in [4.78, 5) is 13.2. The first-order valence-corrected chi connectivity index (χ1v) is 7.06. The van der Waals surface area contributed by atoms with Crippen LogP contribution in [-0.4, -0.2) is 19.5 Å². The molecule has 0 aliphatic heterocycles. The third-order valence-corrected chi connectivity index (χ3v) is 3.52. The van der Waals surface area contributed by atoms with Crippen LogP contribution in [0.5, 0.6) is 0 Å². The molecule has 20 heavy (non-hydrogen) atoms. The fourth-order valence-corrected chi connectivity index (χ4v) is 2.38. The zero-order valence-corrected chi connectivity index (χ0v) is 12.2. The van der Waals surface area contributed by atoms with Crippen LogP contribution in [-0.2, 0) is 18.8 Å². The average Bonchev–Trinajstić information content (AvgIpc) is 3.05. The molecule has 6 heteroatoms. The van der Waals surface area contributed by atoms with E-state index in [1.165, 1.54) is 0 Å². The zero-order valence-electron chi connectivity index (χ0n) is 11.4. The summed E-state index contributed by atoms with van der Waals surface area (Å²) >= 11 is 5.99. The zero-order chi connectivity index (χ0) is 14.1. The quantitative estimate of drug-likeness (QED) is 0.693. The molecule has 3 rings (SSSR count). The summed E-state index contributed by atoms with van der Waals surface area (Å²) in [5.41, 5.74) is 2.78. The summed E-state index contributed by atoms with van der Waals surface area (Å²) in [6.07, 6.45) is 4.37. The van der Waals surface area contributed by atoms with Crippen molar-refractivity contribution in [1.82, 2.24) is 19.5 Å². The van der Waals surface area contributed by atoms with Crippen LogP contribution in [0.25, 0.3) is 11.2 Å². The highest BCUT2D eigenvalue weighted by Crippen LogP contribution is 2.20. The van der Waals surface area contributed by atoms with E-state index >= 15 is 0 Å². The molecule has 0 unspecified atom stereocenters. The maximum Gasteiger partial charge on any atom is 0.214 e. The lowest BCUT2D eigenvalue weighted by molar-refractivity contribution is 0.446. The van der Waals surface area contributed by atoms with Crippen LogP contribution in [0.4, 0.5) is 0 Å². The minimum Gasteiger partial charge on any atom is -0.444 e. The molecule has 0 saturated heterocycles. The maximum atomic E-state index is 5.99. The van der Waals surface area contributed by atoms with Crippen molar-refractivity contribution in [2.24, 2.45) is 0 Å². The van der Waals surface area contributed by atoms with E-state index in [2.05, 4.69) is 15.0 Å². The van der Waals surface area contributed by atoms with Crippen molar-refractivity contribution in [2.45, 2.75) is 32.7 Å². The van der Waals surface area contributed by atoms with E-state index in [0.717, 1.165) is 34.7 Å². The van der Waals surface area contributed by atoms with Crippen molar-refractivity contribution in [3.63, 3.8) is 0 Å². The molecule has 0 aliphatic rings. The highest BCUT2D eigenvalue weighted by atomic mass is 35.5. The van der Waals surface area contributed by atoms with Crippen LogP contribution in [0.2, 0.25) is 0 Å². The molecule has 0 aliphatic carbocycles. The Hall–Kier alpha value is -1.88. The molecule has 0 aromatic carbocycles. The molecule has 3 aromatic heterocycles. The van der Waals surface area contributed by atoms with Crippen LogP contribution in [0.3, 0.4) is 0 Å². The number of oxazole rings is 1. The van der Waals surface area contributed by atoms with Gasteiger partial charge in [0, 0.05) is 12.6 Å². The van der Waals surface area contributed by atoms with Gasteiger partial charge in [-0.3, -0.25) is 0 Å². The largest absolute Gasteiger partial charge is 0.444 e. The van der Waals surface area contributed by atoms with Gasteiger partial charge in [-0.25, -0.2) is 15.0 Å². The van der Waals surface area contributed by atoms with Crippen molar-refractivity contribution >= 4 is 22.8 Å². The highest BCUT2D eigenvalue weighted by molar-refractivity contribution is 6.16. The Morgan fingerprint density at radius 2 is 2.20 bits per heavy atom. The fraction of sp³-hybridized carbons (Fsp3) is 0.357. The Bertz CT molecular complexity index is 747. The number of nitrogens with zero attached hydrogens (tertiary/aromatic N) is 4. The highest BCUT2D eigenvalue weighted by Gasteiger charge is 2.15. The number of hydrogen-bond acceptors (Lipinski definition) is 4. The van der Waals surface area contributed by atoms with Crippen LogP contribution in [0.1, 0.15) is 30.0 Å². The molecule has 0 saturated carbocycles. The van der Waals surface area contributed by atoms with Crippen molar-refractivity contribution < 1.29 is 4.42 Å². The molecular weight excluding hydrogens is 276 g/mol. The molecule has 0 N–H and O–H groups in total. The number of fused-ring (bicyclic) bond motifs is 1. The van der Waals surface area contributed by atoms with Crippen molar-refractivity contribution in [1.29, 1.82) is 0 Å². The van der Waals surface area contributed by atoms with Gasteiger partial charge in [-0.2, -0.15) is 0 Å². The lowest BCUT2D eigenvalue weighted by Crippen LogP contribution is -2.04. The number of hydrogen-bond donors (Lipinski definition) is 0. The standard InChI is InChI=1S/C14H15ClN4O/c1-3-10-7-17-12(20-10)8-19-11(6-15)18-13-9(2)4-5-16-14(13)19/h4-5,7H,3,6,8H2,1-2H3. The van der Waals surface area contributed by atoms with Crippen molar-refractivity contribution in [2.75, 3.05) is 0 Å². The van der Waals surface area contributed by atoms with Gasteiger partial charge in [-0.15, -0.1) is 11.6 Å². The molecule has 0 amide bonds. The smallest absolute Gasteiger partial charge is 0.214 e. The Labute approximate surface area is 121 Å². The number of aromatic nitrogens is 4. The molecule has 0 spiro atoms. The predicted octanol–water partition coefficient (Wildman–Crippen LogP) is 3.08. The SMILES string of the molecule is CCc1cnc(Cn2c(CCl)nc3c(C)ccnc32)o1. The summed E-state index contributed by atoms with van der Waals surface area (Å²) in [5, 5.41) is 0. The number of pyridine rings is 1. The monoisotopic (exact) mass is 290 g/mol. The molecule has 0 atom stereocenters. The number of rotatable bonds is 4. The van der Waals surface area contributed by atoms with Crippen molar-refractivity contribution in [3.8, 4) is 0 Å². The summed E-state index contributed by atoms with van der Waals surface area (Å²) < 4.78 is 7.61. The van der Waals surface area contributed by atoms with Gasteiger partial charge in [0.1, 0.15) is 23.6 Å². The van der Waals surface area contributed by atoms with Crippen LogP contribution in [0, 0.1) is 6.92 Å². The molecule has 3 aromatic rings. The molecule has 0 bridgehead atoms. The minimum absolute atomic E-state index is 0.330. The first kappa shape index (κ1) is 13.1. The molecule has 104 valence electrons. The topological polar surface area (TPSA) is 56.7 Å². The second-order valence-corrected chi connectivity index (χ2v) is 4.89. The molecule has 3 heterocycles. The molecule has 5 nitrogen and oxygen atoms in total. The van der Waals surface area contributed by atoms with Gasteiger partial charge >= 0.3 is 0 Å². The van der Waals surface area contributed by atoms with Crippen LogP contribution < -0.4 is 0 Å². The van der Waals surface area contributed by atoms with Gasteiger partial charge in [0.25, 0.3) is 0 Å². The normalized spacial score (nSPS) is 11.3. The second-order valence-electron chi connectivity index (χ2n) is 4.62. The van der Waals surface area contributed by atoms with Gasteiger partial charge in [0.2, 0.25) is 5.89 Å². The number of aryl methyl sites for hydroxylation is 2. The summed E-state index contributed by atoms with van der Waals surface area (Å²) in [5.74, 6) is 2.63. The van der Waals surface area contributed by atoms with Crippen molar-refractivity contribution in [3.05, 3.63) is 41.5 Å². The third-order valence-electron chi connectivity index (χ3n) is 3.28. The molecule has 0 fully saturated rings. The van der Waals surface area contributed by atoms with Gasteiger partial charge in [0.05, 0.1) is 12.1 Å². The Kier molecular flexibility index (Phi) is 3.44. The van der Waals surface area contributed by atoms with E-state index in [-0.39, 0.29) is 0 Å². The number of alkyl halides is 1. The van der Waals surface area contributed by atoms with E-state index in [1.54, 1.807) is 12.4 Å². The van der Waals surface area contributed by atoms with Gasteiger partial charge in [-0.05, 0) is 18.6 Å². The number of halogens is 1. The minimum atomic E-state index is 0.330. The van der Waals surface area contributed by atoms with E-state index < -0.39 is 0 Å². The lowest BCUT2D eigenvalue weighted by atomic mass is 10.3. The fourth-order valence-electron chi connectivity index (χ4n) is 2.17. The number of imidazole rings is 1. The Morgan fingerprint density at radius 1 is 1.35 bits per heavy atom. The van der Waals surface area contributed by atoms with Crippen LogP contribution in [0.15, 0.2) is 22.9 Å². The Balaban J connectivity index is 2.07. The molecular formula is C14H15ClN4O. The van der Waals surface area contributed by atoms with Crippen LogP contribution >= 0.6 is 11.6 Å². The van der Waals surface area contributed by atoms with Gasteiger partial charge in [0.15, 0.2) is 5.65 Å². The summed E-state index contributed by atoms with van der Waals surface area (Å²) in [6.45, 7) is 4.54. The third kappa shape index (κ3) is 2.18. The maximum absolute atomic E-state index is 5.99. The first-order valence-electron chi connectivity index (χ1n) is 6.53. The first-order chi connectivity index (χ1) is 9.72. The lowest BCUT2D eigenvalue weighted by Gasteiger charge is -2.03. The predicted molar refractivity (Wildman–Crippen MR) is 76.8 cm³/mol. The summed E-state index contributed by atoms with van der Waals surface area (Å²) in [6, 6.07) is 1.94. The van der Waals surface area contributed by atoms with E-state index in [4.69, 9.17) is 16.0 Å². The van der Waals surface area contributed by atoms with E-state index in [1.807, 2.05) is 24.5 Å². The van der Waals surface area contributed by atoms with E-state index in [0.29, 0.717) is 18.3 Å². The Morgan fingerprint density at radius 3 is 2.90 bits per heavy atom. The van der Waals surface area contributed by atoms with Gasteiger partial charge in [-0.1, -0.05) is 6.92 Å². The van der Waals surface area contributed by atoms with Gasteiger partial charge < -0.3 is 8.98 Å².